The van der Waals surface area contributed by atoms with E-state index in [0.717, 1.165) is 29.9 Å². The molecule has 13 heteroatoms. The molecule has 0 atom stereocenters. The Bertz CT molecular complexity index is 1640. The van der Waals surface area contributed by atoms with E-state index in [4.69, 9.17) is 31.4 Å². The first-order chi connectivity index (χ1) is 21.8. The van der Waals surface area contributed by atoms with Crippen LogP contribution in [-0.2, 0) is 4.79 Å². The van der Waals surface area contributed by atoms with E-state index < -0.39 is 0 Å². The summed E-state index contributed by atoms with van der Waals surface area (Å²) in [4.78, 5) is 21.9. The first-order valence-corrected chi connectivity index (χ1v) is 15.5. The van der Waals surface area contributed by atoms with Gasteiger partial charge in [-0.1, -0.05) is 53.8 Å². The number of rotatable bonds is 9. The number of carbonyl (C=O) groups is 1. The fourth-order valence-corrected chi connectivity index (χ4v) is 5.93. The number of aryl methyl sites for hydroxylation is 1. The fourth-order valence-electron chi connectivity index (χ4n) is 4.88. The number of ether oxygens (including phenoxy) is 3. The number of anilines is 2. The molecule has 10 nitrogen and oxygen atoms in total. The van der Waals surface area contributed by atoms with Crippen molar-refractivity contribution in [2.24, 2.45) is 0 Å². The summed E-state index contributed by atoms with van der Waals surface area (Å²) in [7, 11) is 4.62. The van der Waals surface area contributed by atoms with Crippen LogP contribution >= 0.6 is 24.0 Å². The van der Waals surface area contributed by atoms with E-state index in [1.807, 2.05) is 31.2 Å². The minimum absolute atomic E-state index is 0.0547. The van der Waals surface area contributed by atoms with E-state index in [-0.39, 0.29) is 23.4 Å². The highest BCUT2D eigenvalue weighted by Gasteiger charge is 2.22. The summed E-state index contributed by atoms with van der Waals surface area (Å²) < 4.78 is 30.5. The molecule has 1 aliphatic heterocycles. The standard InChI is InChI=1S/C32H33FN6O4S2/c1-20-5-7-21(8-6-20)29-28(22-17-25(41-2)30(43-4)26(18-22)42-3)35-31(37-36-29)34-27(40)19-45-32(44)39-15-13-38(14-16-39)24-11-9-23(33)10-12-24/h5-12,17-18H,13-16,19H2,1-4H3,(H,34,35,37,40). The van der Waals surface area contributed by atoms with E-state index >= 15 is 0 Å². The third-order valence-electron chi connectivity index (χ3n) is 7.26. The normalized spacial score (nSPS) is 12.9. The first kappa shape index (κ1) is 31.9. The number of hydrogen-bond donors (Lipinski definition) is 1. The van der Waals surface area contributed by atoms with Crippen molar-refractivity contribution in [2.45, 2.75) is 6.92 Å². The van der Waals surface area contributed by atoms with Crippen molar-refractivity contribution < 1.29 is 23.4 Å². The summed E-state index contributed by atoms with van der Waals surface area (Å²) in [6.45, 7) is 4.90. The second kappa shape index (κ2) is 14.5. The average molecular weight is 649 g/mol. The van der Waals surface area contributed by atoms with Crippen molar-refractivity contribution in [3.05, 3.63) is 72.0 Å². The lowest BCUT2D eigenvalue weighted by Gasteiger charge is -2.37. The van der Waals surface area contributed by atoms with Crippen molar-refractivity contribution in [2.75, 3.05) is 63.5 Å². The van der Waals surface area contributed by atoms with Crippen LogP contribution in [-0.4, -0.2) is 83.6 Å². The van der Waals surface area contributed by atoms with Crippen LogP contribution in [0.25, 0.3) is 22.5 Å². The van der Waals surface area contributed by atoms with Gasteiger partial charge in [0.2, 0.25) is 17.6 Å². The Morgan fingerprint density at radius 2 is 1.53 bits per heavy atom. The van der Waals surface area contributed by atoms with Crippen LogP contribution in [0.2, 0.25) is 0 Å². The molecule has 1 N–H and O–H groups in total. The maximum Gasteiger partial charge on any atom is 0.250 e. The Balaban J connectivity index is 1.29. The number of nitrogens with one attached hydrogen (secondary N) is 1. The number of benzene rings is 3. The topological polar surface area (TPSA) is 102 Å². The van der Waals surface area contributed by atoms with Gasteiger partial charge in [0.05, 0.1) is 27.1 Å². The van der Waals surface area contributed by atoms with Crippen molar-refractivity contribution in [1.29, 1.82) is 0 Å². The summed E-state index contributed by atoms with van der Waals surface area (Å²) in [6.07, 6.45) is 0. The van der Waals surface area contributed by atoms with Crippen LogP contribution in [0.4, 0.5) is 16.0 Å². The van der Waals surface area contributed by atoms with Crippen molar-refractivity contribution >= 4 is 45.8 Å². The molecular weight excluding hydrogens is 616 g/mol. The molecule has 3 aromatic carbocycles. The zero-order valence-corrected chi connectivity index (χ0v) is 27.0. The summed E-state index contributed by atoms with van der Waals surface area (Å²) in [5, 5.41) is 11.4. The molecule has 5 rings (SSSR count). The number of piperazine rings is 1. The van der Waals surface area contributed by atoms with Gasteiger partial charge in [-0.15, -0.1) is 10.2 Å². The molecule has 0 saturated carbocycles. The molecule has 1 amide bonds. The molecule has 1 fully saturated rings. The summed E-state index contributed by atoms with van der Waals surface area (Å²) in [6, 6.07) is 17.9. The molecule has 0 aliphatic carbocycles. The quantitative estimate of drug-likeness (QED) is 0.234. The van der Waals surface area contributed by atoms with Gasteiger partial charge in [0.15, 0.2) is 11.5 Å². The van der Waals surface area contributed by atoms with Crippen LogP contribution in [0.5, 0.6) is 17.2 Å². The average Bonchev–Trinajstić information content (AvgIpc) is 3.07. The highest BCUT2D eigenvalue weighted by atomic mass is 32.2. The van der Waals surface area contributed by atoms with Crippen LogP contribution < -0.4 is 24.4 Å². The van der Waals surface area contributed by atoms with Gasteiger partial charge >= 0.3 is 0 Å². The highest BCUT2D eigenvalue weighted by molar-refractivity contribution is 8.23. The Morgan fingerprint density at radius 3 is 2.13 bits per heavy atom. The molecule has 0 bridgehead atoms. The van der Waals surface area contributed by atoms with Crippen molar-refractivity contribution in [3.8, 4) is 39.8 Å². The molecular formula is C32H33FN6O4S2. The molecule has 1 aromatic heterocycles. The predicted molar refractivity (Wildman–Crippen MR) is 179 cm³/mol. The summed E-state index contributed by atoms with van der Waals surface area (Å²) in [5.74, 6) is 0.922. The number of halogens is 1. The lowest BCUT2D eigenvalue weighted by molar-refractivity contribution is -0.113. The van der Waals surface area contributed by atoms with Crippen molar-refractivity contribution in [1.82, 2.24) is 20.1 Å². The van der Waals surface area contributed by atoms with Gasteiger partial charge in [-0.25, -0.2) is 9.37 Å². The van der Waals surface area contributed by atoms with E-state index in [2.05, 4.69) is 25.3 Å². The molecule has 1 saturated heterocycles. The van der Waals surface area contributed by atoms with Gasteiger partial charge in [-0.2, -0.15) is 0 Å². The lowest BCUT2D eigenvalue weighted by Crippen LogP contribution is -2.47. The first-order valence-electron chi connectivity index (χ1n) is 14.1. The van der Waals surface area contributed by atoms with E-state index in [1.54, 1.807) is 38.5 Å². The molecule has 0 radical (unpaired) electrons. The number of thiocarbonyl (C=S) groups is 1. The molecule has 4 aromatic rings. The summed E-state index contributed by atoms with van der Waals surface area (Å²) in [5.41, 5.74) is 4.52. The van der Waals surface area contributed by atoms with E-state index in [9.17, 15) is 9.18 Å². The Morgan fingerprint density at radius 1 is 0.889 bits per heavy atom. The molecule has 1 aliphatic rings. The number of amides is 1. The molecule has 0 unspecified atom stereocenters. The van der Waals surface area contributed by atoms with Gasteiger partial charge in [0.1, 0.15) is 21.5 Å². The van der Waals surface area contributed by atoms with Gasteiger partial charge < -0.3 is 24.0 Å². The number of carbonyl (C=O) groups excluding carboxylic acids is 1. The Hall–Kier alpha value is -4.49. The second-order valence-electron chi connectivity index (χ2n) is 10.2. The number of aromatic nitrogens is 3. The highest BCUT2D eigenvalue weighted by Crippen LogP contribution is 2.42. The van der Waals surface area contributed by atoms with Gasteiger partial charge in [-0.05, 0) is 43.3 Å². The van der Waals surface area contributed by atoms with Crippen LogP contribution in [0, 0.1) is 12.7 Å². The maximum absolute atomic E-state index is 13.3. The van der Waals surface area contributed by atoms with Gasteiger partial charge in [0, 0.05) is 43.0 Å². The van der Waals surface area contributed by atoms with Gasteiger partial charge in [-0.3, -0.25) is 10.1 Å². The number of thioether (sulfide) groups is 1. The summed E-state index contributed by atoms with van der Waals surface area (Å²) >= 11 is 6.90. The predicted octanol–water partition coefficient (Wildman–Crippen LogP) is 5.46. The largest absolute Gasteiger partial charge is 0.493 e. The number of hydrogen-bond acceptors (Lipinski definition) is 10. The molecule has 45 heavy (non-hydrogen) atoms. The lowest BCUT2D eigenvalue weighted by atomic mass is 10.0. The third kappa shape index (κ3) is 7.60. The fraction of sp³-hybridized carbons (Fsp3) is 0.281. The Labute approximate surface area is 270 Å². The molecule has 2 heterocycles. The zero-order valence-electron chi connectivity index (χ0n) is 25.4. The second-order valence-corrected chi connectivity index (χ2v) is 11.8. The van der Waals surface area contributed by atoms with Crippen LogP contribution in [0.15, 0.2) is 60.7 Å². The minimum Gasteiger partial charge on any atom is -0.493 e. The number of methoxy groups -OCH3 is 3. The minimum atomic E-state index is -0.312. The maximum atomic E-state index is 13.3. The molecule has 234 valence electrons. The van der Waals surface area contributed by atoms with E-state index in [1.165, 1.54) is 31.0 Å². The van der Waals surface area contributed by atoms with Crippen molar-refractivity contribution in [3.63, 3.8) is 0 Å². The van der Waals surface area contributed by atoms with Gasteiger partial charge in [0.25, 0.3) is 0 Å². The monoisotopic (exact) mass is 648 g/mol. The smallest absolute Gasteiger partial charge is 0.250 e. The Kier molecular flexibility index (Phi) is 10.3. The van der Waals surface area contributed by atoms with E-state index in [0.29, 0.717) is 51.6 Å². The van der Waals surface area contributed by atoms with Crippen LogP contribution in [0.3, 0.4) is 0 Å². The third-order valence-corrected chi connectivity index (χ3v) is 8.78. The zero-order chi connectivity index (χ0) is 31.9. The number of nitrogens with zero attached hydrogens (tertiary/aromatic N) is 5. The van der Waals surface area contributed by atoms with Crippen LogP contribution in [0.1, 0.15) is 5.56 Å². The SMILES string of the molecule is COc1cc(-c2nc(NC(=O)CSC(=S)N3CCN(c4ccc(F)cc4)CC3)nnc2-c2ccc(C)cc2)cc(OC)c1OC. The molecule has 0 spiro atoms.